The molecule has 0 aromatic heterocycles. The Hall–Kier alpha value is -1.29. The van der Waals surface area contributed by atoms with Gasteiger partial charge in [-0.3, -0.25) is 0 Å². The third-order valence-corrected chi connectivity index (χ3v) is 3.87. The molecule has 0 bridgehead atoms. The molecular weight excluding hydrogens is 312 g/mol. The molecule has 0 radical (unpaired) electrons. The first-order valence-corrected chi connectivity index (χ1v) is 7.27. The van der Waals surface area contributed by atoms with Crippen molar-refractivity contribution >= 4 is 23.2 Å². The van der Waals surface area contributed by atoms with Gasteiger partial charge in [0.25, 0.3) is 0 Å². The monoisotopic (exact) mass is 327 g/mol. The van der Waals surface area contributed by atoms with Crippen LogP contribution in [-0.4, -0.2) is 7.11 Å². The fraction of sp³-hybridized carbons (Fsp3) is 0.250. The number of rotatable bonds is 5. The molecule has 1 N–H and O–H groups in total. The first-order chi connectivity index (χ1) is 10.0. The van der Waals surface area contributed by atoms with Gasteiger partial charge in [-0.25, -0.2) is 4.39 Å². The number of hydrogen-bond donors (Lipinski definition) is 1. The normalized spacial score (nSPS) is 12.2. The molecule has 2 aromatic carbocycles. The summed E-state index contributed by atoms with van der Waals surface area (Å²) in [5.41, 5.74) is 1.76. The average molecular weight is 328 g/mol. The van der Waals surface area contributed by atoms with Crippen molar-refractivity contribution in [2.24, 2.45) is 0 Å². The zero-order valence-electron chi connectivity index (χ0n) is 11.8. The average Bonchev–Trinajstić information content (AvgIpc) is 2.48. The molecule has 0 fully saturated rings. The summed E-state index contributed by atoms with van der Waals surface area (Å²) in [6.45, 7) is 2.55. The maximum absolute atomic E-state index is 13.5. The Balaban J connectivity index is 2.07. The molecule has 21 heavy (non-hydrogen) atoms. The molecular formula is C16H16Cl2FNO. The molecule has 0 aliphatic heterocycles. The van der Waals surface area contributed by atoms with Gasteiger partial charge in [-0.1, -0.05) is 35.3 Å². The summed E-state index contributed by atoms with van der Waals surface area (Å²) in [5, 5.41) is 3.79. The van der Waals surface area contributed by atoms with E-state index in [1.807, 2.05) is 31.2 Å². The van der Waals surface area contributed by atoms with Crippen LogP contribution < -0.4 is 10.1 Å². The van der Waals surface area contributed by atoms with Crippen molar-refractivity contribution in [1.29, 1.82) is 0 Å². The van der Waals surface area contributed by atoms with Gasteiger partial charge < -0.3 is 10.1 Å². The Bertz CT molecular complexity index is 634. The lowest BCUT2D eigenvalue weighted by Crippen LogP contribution is -2.18. The zero-order chi connectivity index (χ0) is 15.4. The quantitative estimate of drug-likeness (QED) is 0.781. The lowest BCUT2D eigenvalue weighted by atomic mass is 10.1. The number of halogens is 3. The van der Waals surface area contributed by atoms with Crippen molar-refractivity contribution in [1.82, 2.24) is 5.32 Å². The molecule has 0 aliphatic carbocycles. The molecule has 2 nitrogen and oxygen atoms in total. The Morgan fingerprint density at radius 2 is 1.95 bits per heavy atom. The molecule has 2 rings (SSSR count). The molecule has 0 spiro atoms. The van der Waals surface area contributed by atoms with Crippen molar-refractivity contribution in [2.45, 2.75) is 19.5 Å². The van der Waals surface area contributed by atoms with E-state index in [1.54, 1.807) is 7.11 Å². The summed E-state index contributed by atoms with van der Waals surface area (Å²) < 4.78 is 18.7. The minimum Gasteiger partial charge on any atom is -0.497 e. The molecule has 1 unspecified atom stereocenters. The minimum atomic E-state index is -0.467. The van der Waals surface area contributed by atoms with E-state index in [2.05, 4.69) is 5.32 Å². The van der Waals surface area contributed by atoms with Crippen LogP contribution in [-0.2, 0) is 6.54 Å². The van der Waals surface area contributed by atoms with Crippen molar-refractivity contribution in [3.63, 3.8) is 0 Å². The van der Waals surface area contributed by atoms with Gasteiger partial charge in [-0.15, -0.1) is 0 Å². The van der Waals surface area contributed by atoms with E-state index in [1.165, 1.54) is 12.1 Å². The van der Waals surface area contributed by atoms with Crippen molar-refractivity contribution < 1.29 is 9.13 Å². The molecule has 0 saturated heterocycles. The summed E-state index contributed by atoms with van der Waals surface area (Å²) in [6.07, 6.45) is 0. The Morgan fingerprint density at radius 1 is 1.19 bits per heavy atom. The van der Waals surface area contributed by atoms with Gasteiger partial charge >= 0.3 is 0 Å². The Morgan fingerprint density at radius 3 is 2.67 bits per heavy atom. The number of hydrogen-bond acceptors (Lipinski definition) is 2. The first-order valence-electron chi connectivity index (χ1n) is 6.52. The van der Waals surface area contributed by atoms with Gasteiger partial charge in [0.05, 0.1) is 12.1 Å². The molecule has 112 valence electrons. The molecule has 2 aromatic rings. The van der Waals surface area contributed by atoms with E-state index in [0.717, 1.165) is 11.3 Å². The number of nitrogens with one attached hydrogen (secondary N) is 1. The van der Waals surface area contributed by atoms with Gasteiger partial charge in [0.1, 0.15) is 11.6 Å². The highest BCUT2D eigenvalue weighted by atomic mass is 35.5. The van der Waals surface area contributed by atoms with Crippen LogP contribution in [0.4, 0.5) is 4.39 Å². The lowest BCUT2D eigenvalue weighted by molar-refractivity contribution is 0.414. The van der Waals surface area contributed by atoms with Crippen LogP contribution in [0.5, 0.6) is 5.75 Å². The summed E-state index contributed by atoms with van der Waals surface area (Å²) >= 11 is 11.8. The predicted molar refractivity (Wildman–Crippen MR) is 84.7 cm³/mol. The van der Waals surface area contributed by atoms with Gasteiger partial charge in [-0.2, -0.15) is 0 Å². The molecule has 0 saturated carbocycles. The van der Waals surface area contributed by atoms with Crippen molar-refractivity contribution in [2.75, 3.05) is 7.11 Å². The topological polar surface area (TPSA) is 21.3 Å². The summed E-state index contributed by atoms with van der Waals surface area (Å²) in [5.74, 6) is 0.337. The highest BCUT2D eigenvalue weighted by molar-refractivity contribution is 6.35. The fourth-order valence-electron chi connectivity index (χ4n) is 2.03. The number of benzene rings is 2. The molecule has 0 aliphatic rings. The predicted octanol–water partition coefficient (Wildman–Crippen LogP) is 4.99. The largest absolute Gasteiger partial charge is 0.497 e. The van der Waals surface area contributed by atoms with Crippen molar-refractivity contribution in [3.8, 4) is 5.75 Å². The summed E-state index contributed by atoms with van der Waals surface area (Å²) in [7, 11) is 1.63. The fourth-order valence-corrected chi connectivity index (χ4v) is 2.58. The van der Waals surface area contributed by atoms with Crippen LogP contribution in [0.25, 0.3) is 0 Å². The maximum Gasteiger partial charge on any atom is 0.142 e. The van der Waals surface area contributed by atoms with E-state index in [4.69, 9.17) is 27.9 Å². The van der Waals surface area contributed by atoms with E-state index in [9.17, 15) is 4.39 Å². The first kappa shape index (κ1) is 16.1. The van der Waals surface area contributed by atoms with E-state index >= 15 is 0 Å². The van der Waals surface area contributed by atoms with Crippen LogP contribution in [0.3, 0.4) is 0 Å². The van der Waals surface area contributed by atoms with Gasteiger partial charge in [-0.05, 0) is 42.3 Å². The highest BCUT2D eigenvalue weighted by Crippen LogP contribution is 2.28. The van der Waals surface area contributed by atoms with Crippen molar-refractivity contribution in [3.05, 3.63) is 63.4 Å². The lowest BCUT2D eigenvalue weighted by Gasteiger charge is -2.16. The maximum atomic E-state index is 13.5. The molecule has 5 heteroatoms. The molecule has 0 amide bonds. The van der Waals surface area contributed by atoms with Crippen LogP contribution in [0, 0.1) is 5.82 Å². The van der Waals surface area contributed by atoms with Gasteiger partial charge in [0.2, 0.25) is 0 Å². The van der Waals surface area contributed by atoms with E-state index in [-0.39, 0.29) is 11.1 Å². The minimum absolute atomic E-state index is 0.0312. The molecule has 1 atom stereocenters. The Labute approximate surface area is 133 Å². The summed E-state index contributed by atoms with van der Waals surface area (Å²) in [6, 6.07) is 10.4. The summed E-state index contributed by atoms with van der Waals surface area (Å²) in [4.78, 5) is 0. The van der Waals surface area contributed by atoms with Crippen LogP contribution in [0.2, 0.25) is 10.0 Å². The third-order valence-electron chi connectivity index (χ3n) is 3.25. The van der Waals surface area contributed by atoms with Crippen LogP contribution in [0.15, 0.2) is 36.4 Å². The van der Waals surface area contributed by atoms with Gasteiger partial charge in [0.15, 0.2) is 0 Å². The SMILES string of the molecule is COc1cccc(CNC(C)c2cc(F)c(Cl)cc2Cl)c1. The highest BCUT2D eigenvalue weighted by Gasteiger charge is 2.13. The standard InChI is InChI=1S/C16H16Cl2FNO/c1-10(13-7-16(19)15(18)8-14(13)17)20-9-11-4-3-5-12(6-11)21-2/h3-8,10,20H,9H2,1-2H3. The number of ether oxygens (including phenoxy) is 1. The van der Waals surface area contributed by atoms with Crippen LogP contribution in [0.1, 0.15) is 24.1 Å². The third kappa shape index (κ3) is 4.10. The Kier molecular flexibility index (Phi) is 5.45. The second-order valence-corrected chi connectivity index (χ2v) is 5.56. The smallest absolute Gasteiger partial charge is 0.142 e. The molecule has 0 heterocycles. The van der Waals surface area contributed by atoms with Crippen LogP contribution >= 0.6 is 23.2 Å². The van der Waals surface area contributed by atoms with Gasteiger partial charge in [0, 0.05) is 17.6 Å². The zero-order valence-corrected chi connectivity index (χ0v) is 13.3. The second-order valence-electron chi connectivity index (χ2n) is 4.74. The second kappa shape index (κ2) is 7.12. The van der Waals surface area contributed by atoms with E-state index in [0.29, 0.717) is 17.1 Å². The number of methoxy groups -OCH3 is 1. The van der Waals surface area contributed by atoms with E-state index < -0.39 is 5.82 Å².